The second kappa shape index (κ2) is 7.78. The van der Waals surface area contributed by atoms with Crippen molar-refractivity contribution in [2.24, 2.45) is 5.92 Å². The van der Waals surface area contributed by atoms with Crippen LogP contribution in [0.3, 0.4) is 0 Å². The Morgan fingerprint density at radius 2 is 1.95 bits per heavy atom. The standard InChI is InChI=1S/C16H28N2O3/c1-18(11-5-8-15(19)21-2)16(20)14-10-9-12-6-3-4-7-13(12)17-14/h12-14,17H,3-11H2,1-2H3. The molecule has 1 amide bonds. The van der Waals surface area contributed by atoms with Gasteiger partial charge in [0.1, 0.15) is 0 Å². The van der Waals surface area contributed by atoms with Gasteiger partial charge in [-0.3, -0.25) is 9.59 Å². The lowest BCUT2D eigenvalue weighted by atomic mass is 9.77. The van der Waals surface area contributed by atoms with Gasteiger partial charge in [-0.2, -0.15) is 0 Å². The molecule has 120 valence electrons. The van der Waals surface area contributed by atoms with Crippen LogP contribution < -0.4 is 5.32 Å². The normalized spacial score (nSPS) is 28.6. The minimum atomic E-state index is -0.211. The van der Waals surface area contributed by atoms with Crippen molar-refractivity contribution >= 4 is 11.9 Å². The molecule has 2 fully saturated rings. The van der Waals surface area contributed by atoms with E-state index in [9.17, 15) is 9.59 Å². The maximum Gasteiger partial charge on any atom is 0.305 e. The summed E-state index contributed by atoms with van der Waals surface area (Å²) in [6.07, 6.45) is 8.29. The molecular weight excluding hydrogens is 268 g/mol. The Bertz CT molecular complexity index is 373. The molecule has 0 aromatic rings. The fourth-order valence-electron chi connectivity index (χ4n) is 3.63. The minimum absolute atomic E-state index is 0.0347. The van der Waals surface area contributed by atoms with Crippen molar-refractivity contribution in [1.82, 2.24) is 10.2 Å². The van der Waals surface area contributed by atoms with E-state index in [1.54, 1.807) is 4.90 Å². The monoisotopic (exact) mass is 296 g/mol. The molecule has 1 heterocycles. The second-order valence-electron chi connectivity index (χ2n) is 6.39. The Labute approximate surface area is 127 Å². The van der Waals surface area contributed by atoms with Gasteiger partial charge in [0.2, 0.25) is 5.91 Å². The van der Waals surface area contributed by atoms with E-state index in [0.29, 0.717) is 25.4 Å². The fourth-order valence-corrected chi connectivity index (χ4v) is 3.63. The van der Waals surface area contributed by atoms with Crippen LogP contribution in [-0.2, 0) is 14.3 Å². The number of hydrogen-bond acceptors (Lipinski definition) is 4. The molecule has 1 N–H and O–H groups in total. The molecule has 1 saturated heterocycles. The summed E-state index contributed by atoms with van der Waals surface area (Å²) in [6.45, 7) is 0.611. The molecular formula is C16H28N2O3. The number of rotatable bonds is 5. The molecule has 1 aliphatic heterocycles. The highest BCUT2D eigenvalue weighted by Gasteiger charge is 2.35. The summed E-state index contributed by atoms with van der Waals surface area (Å²) in [5.41, 5.74) is 0. The number of piperidine rings is 1. The van der Waals surface area contributed by atoms with E-state index < -0.39 is 0 Å². The number of esters is 1. The Balaban J connectivity index is 1.75. The number of nitrogens with zero attached hydrogens (tertiary/aromatic N) is 1. The van der Waals surface area contributed by atoms with Crippen molar-refractivity contribution in [3.63, 3.8) is 0 Å². The maximum absolute atomic E-state index is 12.5. The molecule has 5 nitrogen and oxygen atoms in total. The van der Waals surface area contributed by atoms with Crippen LogP contribution in [0.25, 0.3) is 0 Å². The first-order valence-electron chi connectivity index (χ1n) is 8.19. The number of fused-ring (bicyclic) bond motifs is 1. The molecule has 0 aromatic carbocycles. The summed E-state index contributed by atoms with van der Waals surface area (Å²) >= 11 is 0. The quantitative estimate of drug-likeness (QED) is 0.785. The number of amides is 1. The summed E-state index contributed by atoms with van der Waals surface area (Å²) in [6, 6.07) is 0.498. The van der Waals surface area contributed by atoms with E-state index in [2.05, 4.69) is 10.1 Å². The number of hydrogen-bond donors (Lipinski definition) is 1. The molecule has 2 rings (SSSR count). The predicted octanol–water partition coefficient (Wildman–Crippen LogP) is 1.71. The van der Waals surface area contributed by atoms with Gasteiger partial charge in [-0.15, -0.1) is 0 Å². The molecule has 5 heteroatoms. The molecule has 0 aromatic heterocycles. The Hall–Kier alpha value is -1.10. The van der Waals surface area contributed by atoms with Crippen molar-refractivity contribution < 1.29 is 14.3 Å². The Kier molecular flexibility index (Phi) is 6.03. The lowest BCUT2D eigenvalue weighted by Gasteiger charge is -2.40. The van der Waals surface area contributed by atoms with Crippen molar-refractivity contribution in [1.29, 1.82) is 0 Å². The number of nitrogens with one attached hydrogen (secondary N) is 1. The molecule has 3 atom stereocenters. The summed E-state index contributed by atoms with van der Waals surface area (Å²) in [7, 11) is 3.22. The number of likely N-dealkylation sites (N-methyl/N-ethyl adjacent to an activating group) is 1. The zero-order valence-corrected chi connectivity index (χ0v) is 13.3. The first kappa shape index (κ1) is 16.3. The summed E-state index contributed by atoms with van der Waals surface area (Å²) in [5, 5.41) is 3.56. The fraction of sp³-hybridized carbons (Fsp3) is 0.875. The molecule has 1 saturated carbocycles. The van der Waals surface area contributed by atoms with Gasteiger partial charge in [-0.1, -0.05) is 12.8 Å². The van der Waals surface area contributed by atoms with Crippen LogP contribution in [0.2, 0.25) is 0 Å². The van der Waals surface area contributed by atoms with E-state index in [0.717, 1.165) is 12.3 Å². The van der Waals surface area contributed by atoms with Crippen molar-refractivity contribution in [3.8, 4) is 0 Å². The first-order valence-corrected chi connectivity index (χ1v) is 8.19. The maximum atomic E-state index is 12.5. The van der Waals surface area contributed by atoms with Gasteiger partial charge in [0, 0.05) is 26.1 Å². The van der Waals surface area contributed by atoms with Gasteiger partial charge in [0.05, 0.1) is 13.2 Å². The largest absolute Gasteiger partial charge is 0.469 e. The highest BCUT2D eigenvalue weighted by molar-refractivity contribution is 5.81. The van der Waals surface area contributed by atoms with Gasteiger partial charge < -0.3 is 15.0 Å². The van der Waals surface area contributed by atoms with Crippen LogP contribution in [0, 0.1) is 5.92 Å². The van der Waals surface area contributed by atoms with Gasteiger partial charge in [-0.25, -0.2) is 0 Å². The van der Waals surface area contributed by atoms with E-state index in [1.807, 2.05) is 7.05 Å². The van der Waals surface area contributed by atoms with Crippen molar-refractivity contribution in [3.05, 3.63) is 0 Å². The van der Waals surface area contributed by atoms with Crippen molar-refractivity contribution in [2.75, 3.05) is 20.7 Å². The van der Waals surface area contributed by atoms with Gasteiger partial charge >= 0.3 is 5.97 Å². The van der Waals surface area contributed by atoms with Crippen LogP contribution in [-0.4, -0.2) is 49.6 Å². The van der Waals surface area contributed by atoms with Crippen molar-refractivity contribution in [2.45, 2.75) is 63.5 Å². The molecule has 1 aliphatic carbocycles. The lowest BCUT2D eigenvalue weighted by molar-refractivity contribution is -0.141. The molecule has 0 radical (unpaired) electrons. The number of carbonyl (C=O) groups excluding carboxylic acids is 2. The van der Waals surface area contributed by atoms with Crippen LogP contribution in [0.4, 0.5) is 0 Å². The van der Waals surface area contributed by atoms with Crippen LogP contribution in [0.1, 0.15) is 51.4 Å². The lowest BCUT2D eigenvalue weighted by Crippen LogP contribution is -2.55. The third-order valence-electron chi connectivity index (χ3n) is 4.93. The average Bonchev–Trinajstić information content (AvgIpc) is 2.53. The van der Waals surface area contributed by atoms with Crippen LogP contribution in [0.15, 0.2) is 0 Å². The van der Waals surface area contributed by atoms with E-state index in [4.69, 9.17) is 0 Å². The zero-order valence-electron chi connectivity index (χ0n) is 13.3. The minimum Gasteiger partial charge on any atom is -0.469 e. The summed E-state index contributed by atoms with van der Waals surface area (Å²) in [5.74, 6) is 0.730. The smallest absolute Gasteiger partial charge is 0.305 e. The second-order valence-corrected chi connectivity index (χ2v) is 6.39. The highest BCUT2D eigenvalue weighted by atomic mass is 16.5. The SMILES string of the molecule is COC(=O)CCCN(C)C(=O)C1CCC2CCCCC2N1. The molecule has 21 heavy (non-hydrogen) atoms. The van der Waals surface area contributed by atoms with E-state index in [1.165, 1.54) is 39.2 Å². The zero-order chi connectivity index (χ0) is 15.2. The predicted molar refractivity (Wildman–Crippen MR) is 80.8 cm³/mol. The third-order valence-corrected chi connectivity index (χ3v) is 4.93. The Morgan fingerprint density at radius 3 is 2.71 bits per heavy atom. The molecule has 2 aliphatic rings. The average molecular weight is 296 g/mol. The highest BCUT2D eigenvalue weighted by Crippen LogP contribution is 2.32. The molecule has 3 unspecified atom stereocenters. The van der Waals surface area contributed by atoms with Crippen LogP contribution in [0.5, 0.6) is 0 Å². The topological polar surface area (TPSA) is 58.6 Å². The molecule has 0 spiro atoms. The number of ether oxygens (including phenoxy) is 1. The van der Waals surface area contributed by atoms with Gasteiger partial charge in [-0.05, 0) is 38.0 Å². The Morgan fingerprint density at radius 1 is 1.19 bits per heavy atom. The summed E-state index contributed by atoms with van der Waals surface area (Å²) < 4.78 is 4.61. The third kappa shape index (κ3) is 4.43. The van der Waals surface area contributed by atoms with Gasteiger partial charge in [0.25, 0.3) is 0 Å². The number of methoxy groups -OCH3 is 1. The number of carbonyl (C=O) groups is 2. The van der Waals surface area contributed by atoms with Gasteiger partial charge in [0.15, 0.2) is 0 Å². The van der Waals surface area contributed by atoms with Crippen LogP contribution >= 0.6 is 0 Å². The van der Waals surface area contributed by atoms with E-state index in [-0.39, 0.29) is 17.9 Å². The summed E-state index contributed by atoms with van der Waals surface area (Å²) in [4.78, 5) is 25.3. The van der Waals surface area contributed by atoms with E-state index >= 15 is 0 Å². The molecule has 0 bridgehead atoms. The first-order chi connectivity index (χ1) is 10.1.